The van der Waals surface area contributed by atoms with Gasteiger partial charge in [0, 0.05) is 39.4 Å². The fourth-order valence-corrected chi connectivity index (χ4v) is 5.14. The largest absolute Gasteiger partial charge is 0.357 e. The summed E-state index contributed by atoms with van der Waals surface area (Å²) in [6, 6.07) is 8.74. The van der Waals surface area contributed by atoms with Crippen molar-refractivity contribution in [2.75, 3.05) is 25.5 Å². The van der Waals surface area contributed by atoms with Crippen LogP contribution in [0.25, 0.3) is 0 Å². The van der Waals surface area contributed by atoms with Gasteiger partial charge in [-0.05, 0) is 31.4 Å². The maximum atomic E-state index is 13.0. The second-order valence-electron chi connectivity index (χ2n) is 6.83. The van der Waals surface area contributed by atoms with Gasteiger partial charge in [0.2, 0.25) is 15.9 Å². The highest BCUT2D eigenvalue weighted by atomic mass is 32.2. The van der Waals surface area contributed by atoms with Gasteiger partial charge >= 0.3 is 0 Å². The molecule has 1 saturated heterocycles. The molecule has 3 rings (SSSR count). The number of hydrogen-bond donors (Lipinski definition) is 2. The number of nitrogens with zero attached hydrogens (tertiary/aromatic N) is 3. The Hall–Kier alpha value is -2.39. The smallest absolute Gasteiger partial charge is 0.245 e. The number of aromatic nitrogens is 2. The van der Waals surface area contributed by atoms with Gasteiger partial charge in [0.25, 0.3) is 0 Å². The number of hydrogen-bond acceptors (Lipinski definition) is 5. The Labute approximate surface area is 159 Å². The highest BCUT2D eigenvalue weighted by Gasteiger charge is 2.44. The van der Waals surface area contributed by atoms with E-state index in [1.54, 1.807) is 56.2 Å². The molecule has 0 atom stereocenters. The average molecular weight is 391 g/mol. The minimum Gasteiger partial charge on any atom is -0.357 e. The number of carbonyl (C=O) groups is 1. The van der Waals surface area contributed by atoms with Gasteiger partial charge in [-0.25, -0.2) is 8.42 Å². The summed E-state index contributed by atoms with van der Waals surface area (Å²) in [5.41, 5.74) is -0.173. The molecule has 0 bridgehead atoms. The van der Waals surface area contributed by atoms with Crippen molar-refractivity contribution in [3.63, 3.8) is 0 Å². The summed E-state index contributed by atoms with van der Waals surface area (Å²) in [7, 11) is -0.205. The summed E-state index contributed by atoms with van der Waals surface area (Å²) in [6.45, 7) is 2.29. The van der Waals surface area contributed by atoms with Crippen molar-refractivity contribution in [3.8, 4) is 0 Å². The third-order valence-electron chi connectivity index (χ3n) is 5.03. The zero-order chi connectivity index (χ0) is 19.7. The molecule has 1 fully saturated rings. The molecular weight excluding hydrogens is 366 g/mol. The molecular formula is C18H25N5O3S. The minimum atomic E-state index is -3.59. The van der Waals surface area contributed by atoms with E-state index >= 15 is 0 Å². The molecule has 0 aliphatic carbocycles. The van der Waals surface area contributed by atoms with Crippen LogP contribution in [0.3, 0.4) is 0 Å². The molecule has 2 aromatic rings. The third-order valence-corrected chi connectivity index (χ3v) is 7.09. The van der Waals surface area contributed by atoms with Crippen LogP contribution in [0.5, 0.6) is 0 Å². The van der Waals surface area contributed by atoms with Crippen molar-refractivity contribution in [1.82, 2.24) is 19.4 Å². The van der Waals surface area contributed by atoms with Crippen molar-refractivity contribution in [1.29, 1.82) is 0 Å². The molecule has 9 heteroatoms. The first-order chi connectivity index (χ1) is 12.8. The molecule has 2 N–H and O–H groups in total. The van der Waals surface area contributed by atoms with E-state index in [1.165, 1.54) is 4.31 Å². The molecule has 2 heterocycles. The number of benzene rings is 1. The molecule has 0 unspecified atom stereocenters. The first kappa shape index (κ1) is 19.4. The second-order valence-corrected chi connectivity index (χ2v) is 8.74. The molecule has 1 aromatic heterocycles. The number of likely N-dealkylation sites (N-methyl/N-ethyl adjacent to an activating group) is 1. The molecule has 27 heavy (non-hydrogen) atoms. The lowest BCUT2D eigenvalue weighted by molar-refractivity contribution is -0.126. The summed E-state index contributed by atoms with van der Waals surface area (Å²) in [4.78, 5) is 12.9. The number of piperidine rings is 1. The quantitative estimate of drug-likeness (QED) is 0.796. The van der Waals surface area contributed by atoms with Crippen LogP contribution in [0.15, 0.2) is 41.4 Å². The van der Waals surface area contributed by atoms with E-state index in [0.29, 0.717) is 29.1 Å². The van der Waals surface area contributed by atoms with E-state index in [-0.39, 0.29) is 19.0 Å². The van der Waals surface area contributed by atoms with Crippen LogP contribution in [0.4, 0.5) is 5.82 Å². The van der Waals surface area contributed by atoms with E-state index < -0.39 is 15.6 Å². The van der Waals surface area contributed by atoms with Crippen LogP contribution >= 0.6 is 0 Å². The highest BCUT2D eigenvalue weighted by Crippen LogP contribution is 2.30. The Bertz CT molecular complexity index is 930. The van der Waals surface area contributed by atoms with Gasteiger partial charge in [0.15, 0.2) is 0 Å². The first-order valence-corrected chi connectivity index (χ1v) is 10.3. The molecule has 8 nitrogen and oxygen atoms in total. The fourth-order valence-electron chi connectivity index (χ4n) is 3.47. The number of aryl methyl sites for hydroxylation is 2. The number of amides is 1. The van der Waals surface area contributed by atoms with Gasteiger partial charge in [-0.15, -0.1) is 0 Å². The summed E-state index contributed by atoms with van der Waals surface area (Å²) in [6.07, 6.45) is 2.50. The average Bonchev–Trinajstić information content (AvgIpc) is 3.06. The highest BCUT2D eigenvalue weighted by molar-refractivity contribution is 7.89. The maximum Gasteiger partial charge on any atom is 0.245 e. The summed E-state index contributed by atoms with van der Waals surface area (Å²) >= 11 is 0. The standard InChI is InChI=1S/C18H25N5O3S/c1-14-6-4-5-7-15(14)27(25,26)23-12-9-18(10-13-23,17(24)19-2)20-16-8-11-22(3)21-16/h4-8,11H,9-10,12-13H2,1-3H3,(H,19,24)(H,20,21). The summed E-state index contributed by atoms with van der Waals surface area (Å²) in [5, 5.41) is 10.2. The Balaban J connectivity index is 1.82. The Morgan fingerprint density at radius 1 is 1.19 bits per heavy atom. The number of rotatable bonds is 5. The lowest BCUT2D eigenvalue weighted by atomic mass is 9.87. The summed E-state index contributed by atoms with van der Waals surface area (Å²) in [5.74, 6) is 0.428. The first-order valence-electron chi connectivity index (χ1n) is 8.84. The van der Waals surface area contributed by atoms with E-state index in [0.717, 1.165) is 0 Å². The van der Waals surface area contributed by atoms with Crippen molar-refractivity contribution in [2.45, 2.75) is 30.2 Å². The molecule has 1 amide bonds. The fraction of sp³-hybridized carbons (Fsp3) is 0.444. The topological polar surface area (TPSA) is 96.3 Å². The van der Waals surface area contributed by atoms with E-state index in [4.69, 9.17) is 0 Å². The monoisotopic (exact) mass is 391 g/mol. The van der Waals surface area contributed by atoms with Gasteiger partial charge in [0.1, 0.15) is 11.4 Å². The van der Waals surface area contributed by atoms with E-state index in [2.05, 4.69) is 15.7 Å². The van der Waals surface area contributed by atoms with Gasteiger partial charge in [-0.3, -0.25) is 9.48 Å². The van der Waals surface area contributed by atoms with Crippen molar-refractivity contribution in [3.05, 3.63) is 42.1 Å². The normalized spacial score (nSPS) is 17.4. The van der Waals surface area contributed by atoms with Gasteiger partial charge in [0.05, 0.1) is 4.90 Å². The zero-order valence-corrected chi connectivity index (χ0v) is 16.6. The van der Waals surface area contributed by atoms with Crippen LogP contribution < -0.4 is 10.6 Å². The molecule has 1 aliphatic heterocycles. The molecule has 1 aliphatic rings. The van der Waals surface area contributed by atoms with Crippen molar-refractivity contribution in [2.24, 2.45) is 7.05 Å². The van der Waals surface area contributed by atoms with Crippen LogP contribution in [0.1, 0.15) is 18.4 Å². The molecule has 0 spiro atoms. The van der Waals surface area contributed by atoms with Crippen LogP contribution in [0.2, 0.25) is 0 Å². The third kappa shape index (κ3) is 3.70. The number of carbonyl (C=O) groups excluding carboxylic acids is 1. The number of nitrogens with one attached hydrogen (secondary N) is 2. The Morgan fingerprint density at radius 3 is 2.41 bits per heavy atom. The van der Waals surface area contributed by atoms with Crippen LogP contribution in [0, 0.1) is 6.92 Å². The SMILES string of the molecule is CNC(=O)C1(Nc2ccn(C)n2)CCN(S(=O)(=O)c2ccccc2C)CC1. The summed E-state index contributed by atoms with van der Waals surface area (Å²) < 4.78 is 29.1. The van der Waals surface area contributed by atoms with Crippen LogP contribution in [-0.2, 0) is 21.9 Å². The second kappa shape index (κ2) is 7.32. The van der Waals surface area contributed by atoms with Gasteiger partial charge < -0.3 is 10.6 Å². The van der Waals surface area contributed by atoms with Crippen molar-refractivity contribution < 1.29 is 13.2 Å². The number of anilines is 1. The molecule has 146 valence electrons. The predicted molar refractivity (Wildman–Crippen MR) is 103 cm³/mol. The molecule has 0 saturated carbocycles. The Morgan fingerprint density at radius 2 is 1.85 bits per heavy atom. The zero-order valence-electron chi connectivity index (χ0n) is 15.8. The molecule has 0 radical (unpaired) electrons. The molecule has 1 aromatic carbocycles. The predicted octanol–water partition coefficient (Wildman–Crippen LogP) is 1.11. The Kier molecular flexibility index (Phi) is 5.25. The van der Waals surface area contributed by atoms with E-state index in [1.807, 2.05) is 6.07 Å². The lowest BCUT2D eigenvalue weighted by Gasteiger charge is -2.40. The van der Waals surface area contributed by atoms with E-state index in [9.17, 15) is 13.2 Å². The minimum absolute atomic E-state index is 0.166. The maximum absolute atomic E-state index is 13.0. The van der Waals surface area contributed by atoms with Gasteiger partial charge in [-0.1, -0.05) is 18.2 Å². The van der Waals surface area contributed by atoms with Crippen molar-refractivity contribution >= 4 is 21.7 Å². The van der Waals surface area contributed by atoms with Crippen LogP contribution in [-0.4, -0.2) is 54.1 Å². The number of sulfonamides is 1. The van der Waals surface area contributed by atoms with Gasteiger partial charge in [-0.2, -0.15) is 9.40 Å². The lowest BCUT2D eigenvalue weighted by Crippen LogP contribution is -2.58.